The van der Waals surface area contributed by atoms with E-state index in [-0.39, 0.29) is 0 Å². The van der Waals surface area contributed by atoms with E-state index in [9.17, 15) is 8.42 Å². The number of aryl methyl sites for hydroxylation is 1. The van der Waals surface area contributed by atoms with Crippen molar-refractivity contribution in [1.82, 2.24) is 4.31 Å². The maximum absolute atomic E-state index is 13.5. The quantitative estimate of drug-likeness (QED) is 0.551. The Morgan fingerprint density at radius 2 is 1.61 bits per heavy atom. The van der Waals surface area contributed by atoms with Gasteiger partial charge in [0.05, 0.1) is 10.9 Å². The molecule has 0 radical (unpaired) electrons. The van der Waals surface area contributed by atoms with E-state index in [1.807, 2.05) is 73.7 Å². The van der Waals surface area contributed by atoms with Gasteiger partial charge in [-0.1, -0.05) is 60.0 Å². The summed E-state index contributed by atoms with van der Waals surface area (Å²) >= 11 is 0. The second-order valence-corrected chi connectivity index (χ2v) is 9.58. The van der Waals surface area contributed by atoms with Crippen molar-refractivity contribution in [1.29, 1.82) is 0 Å². The Hall–Kier alpha value is -3.33. The van der Waals surface area contributed by atoms with E-state index in [4.69, 9.17) is 4.74 Å². The fourth-order valence-electron chi connectivity index (χ4n) is 4.09. The lowest BCUT2D eigenvalue weighted by molar-refractivity contribution is 0.365. The highest BCUT2D eigenvalue weighted by molar-refractivity contribution is 7.89. The van der Waals surface area contributed by atoms with Crippen LogP contribution in [0.15, 0.2) is 95.1 Å². The summed E-state index contributed by atoms with van der Waals surface area (Å²) in [6.07, 6.45) is 0.586. The minimum absolute atomic E-state index is 0.306. The number of fused-ring (bicyclic) bond motifs is 3. The van der Waals surface area contributed by atoms with Gasteiger partial charge in [-0.15, -0.1) is 0 Å². The normalized spacial score (nSPS) is 17.9. The third kappa shape index (κ3) is 3.54. The molecule has 0 bridgehead atoms. The van der Waals surface area contributed by atoms with Crippen molar-refractivity contribution in [3.8, 4) is 17.6 Å². The summed E-state index contributed by atoms with van der Waals surface area (Å²) in [5.74, 6) is 7.51. The molecule has 0 amide bonds. The second-order valence-electron chi connectivity index (χ2n) is 7.69. The number of hydrogen-bond donors (Lipinski definition) is 0. The number of allylic oxidation sites excluding steroid dienone is 1. The minimum atomic E-state index is -3.66. The largest absolute Gasteiger partial charge is 0.448 e. The summed E-state index contributed by atoms with van der Waals surface area (Å²) in [7, 11) is -3.66. The molecule has 5 rings (SSSR count). The third-order valence-electron chi connectivity index (χ3n) is 5.66. The first-order chi connectivity index (χ1) is 15.0. The topological polar surface area (TPSA) is 46.6 Å². The van der Waals surface area contributed by atoms with Crippen molar-refractivity contribution in [2.24, 2.45) is 0 Å². The fourth-order valence-corrected chi connectivity index (χ4v) is 5.69. The SMILES string of the molecule is Cc1ccc(S(=O)(=O)N2CCC3=C(C#Cc4ccccc4)Oc4ccccc4C32)cc1. The zero-order valence-corrected chi connectivity index (χ0v) is 17.9. The summed E-state index contributed by atoms with van der Waals surface area (Å²) in [6, 6.07) is 23.9. The van der Waals surface area contributed by atoms with Crippen LogP contribution in [0.1, 0.15) is 29.2 Å². The smallest absolute Gasteiger partial charge is 0.243 e. The standard InChI is InChI=1S/C26H21NO3S/c1-19-11-14-21(15-12-19)31(28,29)27-18-17-23-25(16-13-20-7-3-2-4-8-20)30-24-10-6-5-9-22(24)26(23)27/h2-12,14-15,26H,17-18H2,1H3. The fraction of sp³-hybridized carbons (Fsp3) is 0.154. The lowest BCUT2D eigenvalue weighted by Crippen LogP contribution is -2.32. The Balaban J connectivity index is 1.60. The Bertz CT molecular complexity index is 1330. The zero-order chi connectivity index (χ0) is 21.4. The van der Waals surface area contributed by atoms with Crippen molar-refractivity contribution < 1.29 is 13.2 Å². The van der Waals surface area contributed by atoms with Crippen LogP contribution in [0.2, 0.25) is 0 Å². The molecule has 0 aliphatic carbocycles. The highest BCUT2D eigenvalue weighted by Gasteiger charge is 2.44. The van der Waals surface area contributed by atoms with Crippen molar-refractivity contribution in [2.75, 3.05) is 6.54 Å². The van der Waals surface area contributed by atoms with Gasteiger partial charge in [0, 0.05) is 23.2 Å². The number of para-hydroxylation sites is 1. The monoisotopic (exact) mass is 427 g/mol. The van der Waals surface area contributed by atoms with E-state index < -0.39 is 16.1 Å². The molecular weight excluding hydrogens is 406 g/mol. The molecule has 3 aromatic rings. The van der Waals surface area contributed by atoms with Crippen LogP contribution in [-0.4, -0.2) is 19.3 Å². The molecule has 0 aromatic heterocycles. The van der Waals surface area contributed by atoms with Gasteiger partial charge in [0.15, 0.2) is 5.76 Å². The molecule has 1 unspecified atom stereocenters. The van der Waals surface area contributed by atoms with Gasteiger partial charge in [0.25, 0.3) is 0 Å². The lowest BCUT2D eigenvalue weighted by Gasteiger charge is -2.30. The van der Waals surface area contributed by atoms with Crippen molar-refractivity contribution in [2.45, 2.75) is 24.3 Å². The lowest BCUT2D eigenvalue weighted by atomic mass is 9.96. The molecule has 1 saturated heterocycles. The number of hydrogen-bond acceptors (Lipinski definition) is 3. The molecule has 0 saturated carbocycles. The maximum Gasteiger partial charge on any atom is 0.243 e. The van der Waals surface area contributed by atoms with Crippen LogP contribution in [0.25, 0.3) is 0 Å². The van der Waals surface area contributed by atoms with Gasteiger partial charge in [-0.2, -0.15) is 4.31 Å². The summed E-state index contributed by atoms with van der Waals surface area (Å²) in [4.78, 5) is 0.306. The molecule has 2 aliphatic rings. The Morgan fingerprint density at radius 1 is 0.903 bits per heavy atom. The molecular formula is C26H21NO3S. The minimum Gasteiger partial charge on any atom is -0.448 e. The number of nitrogens with zero attached hydrogens (tertiary/aromatic N) is 1. The first-order valence-electron chi connectivity index (χ1n) is 10.2. The van der Waals surface area contributed by atoms with Gasteiger partial charge in [0.2, 0.25) is 10.0 Å². The van der Waals surface area contributed by atoms with Crippen molar-refractivity contribution >= 4 is 10.0 Å². The van der Waals surface area contributed by atoms with Crippen LogP contribution in [-0.2, 0) is 10.0 Å². The first kappa shape index (κ1) is 19.6. The molecule has 3 aromatic carbocycles. The van der Waals surface area contributed by atoms with Crippen LogP contribution in [0.5, 0.6) is 5.75 Å². The molecule has 154 valence electrons. The molecule has 31 heavy (non-hydrogen) atoms. The van der Waals surface area contributed by atoms with Crippen molar-refractivity contribution in [3.05, 3.63) is 107 Å². The average Bonchev–Trinajstić information content (AvgIpc) is 3.25. The van der Waals surface area contributed by atoms with E-state index in [1.165, 1.54) is 0 Å². The number of sulfonamides is 1. The number of ether oxygens (including phenoxy) is 1. The summed E-state index contributed by atoms with van der Waals surface area (Å²) in [6.45, 7) is 2.34. The molecule has 4 nitrogen and oxygen atoms in total. The average molecular weight is 428 g/mol. The Morgan fingerprint density at radius 3 is 2.39 bits per heavy atom. The maximum atomic E-state index is 13.5. The number of benzene rings is 3. The molecule has 0 spiro atoms. The third-order valence-corrected chi connectivity index (χ3v) is 7.54. The molecule has 1 fully saturated rings. The van der Waals surface area contributed by atoms with Gasteiger partial charge in [-0.05, 0) is 49.6 Å². The highest BCUT2D eigenvalue weighted by Crippen LogP contribution is 2.48. The van der Waals surface area contributed by atoms with Gasteiger partial charge >= 0.3 is 0 Å². The second kappa shape index (κ2) is 7.73. The van der Waals surface area contributed by atoms with Gasteiger partial charge in [0.1, 0.15) is 5.75 Å². The van der Waals surface area contributed by atoms with Crippen LogP contribution < -0.4 is 4.74 Å². The molecule has 5 heteroatoms. The predicted octanol–water partition coefficient (Wildman–Crippen LogP) is 4.83. The van der Waals surface area contributed by atoms with Crippen LogP contribution in [0.4, 0.5) is 0 Å². The van der Waals surface area contributed by atoms with E-state index in [0.29, 0.717) is 29.4 Å². The molecule has 2 heterocycles. The Kier molecular flexibility index (Phi) is 4.90. The van der Waals surface area contributed by atoms with Crippen LogP contribution >= 0.6 is 0 Å². The molecule has 0 N–H and O–H groups in total. The van der Waals surface area contributed by atoms with Gasteiger partial charge < -0.3 is 4.74 Å². The summed E-state index contributed by atoms with van der Waals surface area (Å²) in [5.41, 5.74) is 3.68. The van der Waals surface area contributed by atoms with Crippen LogP contribution in [0.3, 0.4) is 0 Å². The van der Waals surface area contributed by atoms with Crippen LogP contribution in [0, 0.1) is 18.8 Å². The predicted molar refractivity (Wildman–Crippen MR) is 120 cm³/mol. The summed E-state index contributed by atoms with van der Waals surface area (Å²) < 4.78 is 34.8. The summed E-state index contributed by atoms with van der Waals surface area (Å²) in [5, 5.41) is 0. The van der Waals surface area contributed by atoms with Gasteiger partial charge in [-0.3, -0.25) is 0 Å². The van der Waals surface area contributed by atoms with E-state index in [1.54, 1.807) is 16.4 Å². The first-order valence-corrected chi connectivity index (χ1v) is 11.6. The van der Waals surface area contributed by atoms with Gasteiger partial charge in [-0.25, -0.2) is 8.42 Å². The van der Waals surface area contributed by atoms with E-state index in [0.717, 1.165) is 22.3 Å². The molecule has 2 aliphatic heterocycles. The molecule has 1 atom stereocenters. The highest BCUT2D eigenvalue weighted by atomic mass is 32.2. The number of rotatable bonds is 2. The Labute approximate surface area is 182 Å². The zero-order valence-electron chi connectivity index (χ0n) is 17.1. The van der Waals surface area contributed by atoms with E-state index >= 15 is 0 Å². The van der Waals surface area contributed by atoms with E-state index in [2.05, 4.69) is 11.8 Å². The van der Waals surface area contributed by atoms with Crippen molar-refractivity contribution in [3.63, 3.8) is 0 Å².